The number of aryl methyl sites for hydroxylation is 1. The number of hydrogen-bond acceptors (Lipinski definition) is 6. The van der Waals surface area contributed by atoms with Gasteiger partial charge in [-0.2, -0.15) is 0 Å². The molecule has 2 aromatic carbocycles. The summed E-state index contributed by atoms with van der Waals surface area (Å²) in [5.74, 6) is 2.20. The Bertz CT molecular complexity index is 1260. The molecule has 2 aliphatic rings. The molecule has 2 aliphatic carbocycles. The average molecular weight is 565 g/mol. The number of thiazole rings is 1. The lowest BCUT2D eigenvalue weighted by Crippen LogP contribution is -2.41. The van der Waals surface area contributed by atoms with E-state index in [1.165, 1.54) is 11.1 Å². The van der Waals surface area contributed by atoms with Gasteiger partial charge in [0, 0.05) is 24.3 Å². The number of amides is 1. The Morgan fingerprint density at radius 2 is 1.85 bits per heavy atom. The Kier molecular flexibility index (Phi) is 9.31. The Morgan fingerprint density at radius 3 is 2.51 bits per heavy atom. The molecule has 0 spiro atoms. The largest absolute Gasteiger partial charge is 0.496 e. The molecular weight excluding hydrogens is 524 g/mol. The van der Waals surface area contributed by atoms with Gasteiger partial charge in [0.25, 0.3) is 0 Å². The first-order chi connectivity index (χ1) is 18.9. The van der Waals surface area contributed by atoms with Crippen LogP contribution in [0.1, 0.15) is 68.4 Å². The van der Waals surface area contributed by atoms with Gasteiger partial charge in [0.05, 0.1) is 18.1 Å². The molecule has 0 atom stereocenters. The molecule has 5 nitrogen and oxygen atoms in total. The zero-order chi connectivity index (χ0) is 27.4. The van der Waals surface area contributed by atoms with Gasteiger partial charge in [-0.25, -0.2) is 4.98 Å². The standard InChI is InChI=1S/C32H40N2O3S2/c1-21-17-25(13-16-29(21)37-2)23-9-7-22(8-10-23)20-34(31(36)24-11-14-28(35)15-12-24)27-6-4-5-26(18-27)30-19-33-32(38-3)39-30/h4-6,13,16-19,22-24,28,35H,7-12,14-15,20H2,1-3H3. The molecule has 7 heteroatoms. The quantitative estimate of drug-likeness (QED) is 0.284. The number of carbonyl (C=O) groups is 1. The van der Waals surface area contributed by atoms with Crippen molar-refractivity contribution in [1.29, 1.82) is 0 Å². The number of hydrogen-bond donors (Lipinski definition) is 1. The van der Waals surface area contributed by atoms with Crippen LogP contribution in [0.25, 0.3) is 10.4 Å². The summed E-state index contributed by atoms with van der Waals surface area (Å²) in [6.07, 6.45) is 11.2. The number of methoxy groups -OCH3 is 1. The summed E-state index contributed by atoms with van der Waals surface area (Å²) < 4.78 is 6.51. The number of benzene rings is 2. The number of aliphatic hydroxyl groups excluding tert-OH is 1. The predicted molar refractivity (Wildman–Crippen MR) is 162 cm³/mol. The number of aromatic nitrogens is 1. The fraction of sp³-hybridized carbons (Fsp3) is 0.500. The van der Waals surface area contributed by atoms with Crippen LogP contribution in [-0.2, 0) is 4.79 Å². The van der Waals surface area contributed by atoms with Crippen LogP contribution in [0.5, 0.6) is 5.75 Å². The second-order valence-electron chi connectivity index (χ2n) is 11.1. The minimum absolute atomic E-state index is 0.0119. The smallest absolute Gasteiger partial charge is 0.230 e. The first kappa shape index (κ1) is 28.2. The van der Waals surface area contributed by atoms with Gasteiger partial charge >= 0.3 is 0 Å². The summed E-state index contributed by atoms with van der Waals surface area (Å²) in [6.45, 7) is 2.87. The maximum atomic E-state index is 14.0. The topological polar surface area (TPSA) is 62.7 Å². The van der Waals surface area contributed by atoms with E-state index in [0.29, 0.717) is 11.8 Å². The van der Waals surface area contributed by atoms with Gasteiger partial charge in [-0.1, -0.05) is 36.0 Å². The van der Waals surface area contributed by atoms with Crippen molar-refractivity contribution in [2.75, 3.05) is 24.8 Å². The molecule has 39 heavy (non-hydrogen) atoms. The van der Waals surface area contributed by atoms with E-state index in [1.807, 2.05) is 12.5 Å². The highest BCUT2D eigenvalue weighted by atomic mass is 32.2. The van der Waals surface area contributed by atoms with Crippen molar-refractivity contribution in [3.63, 3.8) is 0 Å². The molecule has 1 heterocycles. The van der Waals surface area contributed by atoms with E-state index in [0.717, 1.165) is 84.1 Å². The van der Waals surface area contributed by atoms with E-state index in [-0.39, 0.29) is 17.9 Å². The van der Waals surface area contributed by atoms with Crippen molar-refractivity contribution in [2.45, 2.75) is 74.7 Å². The highest BCUT2D eigenvalue weighted by Gasteiger charge is 2.32. The molecule has 2 fully saturated rings. The van der Waals surface area contributed by atoms with Crippen LogP contribution >= 0.6 is 23.1 Å². The van der Waals surface area contributed by atoms with E-state index in [9.17, 15) is 9.90 Å². The number of aliphatic hydroxyl groups is 1. The first-order valence-corrected chi connectivity index (χ1v) is 16.2. The Hall–Kier alpha value is -2.35. The van der Waals surface area contributed by atoms with Crippen LogP contribution in [0.4, 0.5) is 5.69 Å². The molecular formula is C32H40N2O3S2. The summed E-state index contributed by atoms with van der Waals surface area (Å²) in [6, 6.07) is 15.0. The van der Waals surface area contributed by atoms with Crippen molar-refractivity contribution in [1.82, 2.24) is 4.98 Å². The van der Waals surface area contributed by atoms with Gasteiger partial charge in [0.1, 0.15) is 10.1 Å². The lowest BCUT2D eigenvalue weighted by atomic mass is 9.78. The van der Waals surface area contributed by atoms with Crippen molar-refractivity contribution in [3.05, 3.63) is 59.8 Å². The molecule has 3 aromatic rings. The van der Waals surface area contributed by atoms with Crippen LogP contribution in [0, 0.1) is 18.8 Å². The van der Waals surface area contributed by atoms with Gasteiger partial charge in [-0.05, 0) is 111 Å². The third kappa shape index (κ3) is 6.69. The molecule has 0 radical (unpaired) electrons. The highest BCUT2D eigenvalue weighted by molar-refractivity contribution is 8.00. The second kappa shape index (κ2) is 12.9. The number of anilines is 1. The normalized spacial score (nSPS) is 23.4. The molecule has 1 aromatic heterocycles. The molecule has 2 saturated carbocycles. The zero-order valence-corrected chi connectivity index (χ0v) is 24.9. The first-order valence-electron chi connectivity index (χ1n) is 14.2. The number of rotatable bonds is 8. The van der Waals surface area contributed by atoms with Crippen molar-refractivity contribution in [2.24, 2.45) is 11.8 Å². The SMILES string of the molecule is COc1ccc(C2CCC(CN(C(=O)C3CCC(O)CC3)c3cccc(-c4cnc(SC)s4)c3)CC2)cc1C. The summed E-state index contributed by atoms with van der Waals surface area (Å²) in [4.78, 5) is 21.7. The van der Waals surface area contributed by atoms with E-state index in [1.54, 1.807) is 30.2 Å². The van der Waals surface area contributed by atoms with Crippen LogP contribution in [-0.4, -0.2) is 42.0 Å². The third-order valence-electron chi connectivity index (χ3n) is 8.59. The van der Waals surface area contributed by atoms with Crippen molar-refractivity contribution in [3.8, 4) is 16.2 Å². The van der Waals surface area contributed by atoms with Gasteiger partial charge in [-0.3, -0.25) is 4.79 Å². The molecule has 5 rings (SSSR count). The van der Waals surface area contributed by atoms with Crippen LogP contribution in [0.15, 0.2) is 53.0 Å². The van der Waals surface area contributed by atoms with E-state index in [2.05, 4.69) is 59.3 Å². The Morgan fingerprint density at radius 1 is 1.08 bits per heavy atom. The second-order valence-corrected chi connectivity index (χ2v) is 13.2. The number of carbonyl (C=O) groups excluding carboxylic acids is 1. The van der Waals surface area contributed by atoms with Crippen molar-refractivity contribution < 1.29 is 14.6 Å². The molecule has 1 N–H and O–H groups in total. The van der Waals surface area contributed by atoms with Gasteiger partial charge in [-0.15, -0.1) is 11.3 Å². The van der Waals surface area contributed by atoms with E-state index < -0.39 is 0 Å². The highest BCUT2D eigenvalue weighted by Crippen LogP contribution is 2.39. The Labute approximate surface area is 241 Å². The monoisotopic (exact) mass is 564 g/mol. The summed E-state index contributed by atoms with van der Waals surface area (Å²) >= 11 is 3.35. The number of ether oxygens (including phenoxy) is 1. The predicted octanol–water partition coefficient (Wildman–Crippen LogP) is 7.71. The molecule has 208 valence electrons. The third-order valence-corrected chi connectivity index (χ3v) is 10.6. The summed E-state index contributed by atoms with van der Waals surface area (Å²) in [5.41, 5.74) is 4.69. The molecule has 0 unspecified atom stereocenters. The van der Waals surface area contributed by atoms with Crippen LogP contribution in [0.2, 0.25) is 0 Å². The minimum atomic E-state index is -0.264. The lowest BCUT2D eigenvalue weighted by Gasteiger charge is -2.36. The molecule has 0 aliphatic heterocycles. The molecule has 1 amide bonds. The average Bonchev–Trinajstić information content (AvgIpc) is 3.46. The fourth-order valence-electron chi connectivity index (χ4n) is 6.27. The summed E-state index contributed by atoms with van der Waals surface area (Å²) in [7, 11) is 1.73. The zero-order valence-electron chi connectivity index (χ0n) is 23.3. The van der Waals surface area contributed by atoms with Gasteiger partial charge < -0.3 is 14.7 Å². The fourth-order valence-corrected chi connectivity index (χ4v) is 7.68. The molecule has 0 saturated heterocycles. The van der Waals surface area contributed by atoms with E-state index >= 15 is 0 Å². The van der Waals surface area contributed by atoms with Crippen LogP contribution in [0.3, 0.4) is 0 Å². The van der Waals surface area contributed by atoms with E-state index in [4.69, 9.17) is 4.74 Å². The number of nitrogens with zero attached hydrogens (tertiary/aromatic N) is 2. The summed E-state index contributed by atoms with van der Waals surface area (Å²) in [5, 5.41) is 10.0. The van der Waals surface area contributed by atoms with Crippen molar-refractivity contribution >= 4 is 34.7 Å². The minimum Gasteiger partial charge on any atom is -0.496 e. The maximum Gasteiger partial charge on any atom is 0.230 e. The van der Waals surface area contributed by atoms with Gasteiger partial charge in [0.15, 0.2) is 0 Å². The Balaban J connectivity index is 1.33. The van der Waals surface area contributed by atoms with Gasteiger partial charge in [0.2, 0.25) is 5.91 Å². The number of thioether (sulfide) groups is 1. The maximum absolute atomic E-state index is 14.0. The lowest BCUT2D eigenvalue weighted by molar-refractivity contribution is -0.124. The van der Waals surface area contributed by atoms with Crippen LogP contribution < -0.4 is 9.64 Å². The molecule has 0 bridgehead atoms.